The summed E-state index contributed by atoms with van der Waals surface area (Å²) in [5, 5.41) is 0. The van der Waals surface area contributed by atoms with Gasteiger partial charge in [0.25, 0.3) is 5.56 Å². The van der Waals surface area contributed by atoms with E-state index in [1.54, 1.807) is 13.4 Å². The van der Waals surface area contributed by atoms with Crippen LogP contribution in [-0.4, -0.2) is 43.2 Å². The lowest BCUT2D eigenvalue weighted by Crippen LogP contribution is -2.38. The fourth-order valence-corrected chi connectivity index (χ4v) is 3.36. The van der Waals surface area contributed by atoms with Crippen molar-refractivity contribution in [2.75, 3.05) is 13.6 Å². The minimum absolute atomic E-state index is 0.271. The summed E-state index contributed by atoms with van der Waals surface area (Å²) in [6.07, 6.45) is 6.42. The summed E-state index contributed by atoms with van der Waals surface area (Å²) in [5.41, 5.74) is 0.371. The van der Waals surface area contributed by atoms with Gasteiger partial charge >= 0.3 is 5.69 Å². The average Bonchev–Trinajstić information content (AvgIpc) is 2.94. The lowest BCUT2D eigenvalue weighted by molar-refractivity contribution is 0.171. The lowest BCUT2D eigenvalue weighted by atomic mass is 10.0. The highest BCUT2D eigenvalue weighted by atomic mass is 16.2. The van der Waals surface area contributed by atoms with Gasteiger partial charge in [-0.25, -0.2) is 9.78 Å². The van der Waals surface area contributed by atoms with E-state index in [1.807, 2.05) is 4.57 Å². The molecule has 2 aromatic rings. The van der Waals surface area contributed by atoms with Crippen molar-refractivity contribution >= 4 is 11.2 Å². The van der Waals surface area contributed by atoms with E-state index in [1.165, 1.54) is 30.9 Å². The van der Waals surface area contributed by atoms with E-state index in [0.29, 0.717) is 17.2 Å². The maximum absolute atomic E-state index is 12.4. The second kappa shape index (κ2) is 5.72. The molecule has 0 saturated carbocycles. The third kappa shape index (κ3) is 2.39. The highest BCUT2D eigenvalue weighted by Crippen LogP contribution is 2.19. The van der Waals surface area contributed by atoms with Gasteiger partial charge in [-0.3, -0.25) is 13.9 Å². The van der Waals surface area contributed by atoms with Crippen molar-refractivity contribution in [1.82, 2.24) is 23.6 Å². The first-order valence-corrected chi connectivity index (χ1v) is 7.82. The number of likely N-dealkylation sites (tertiary alicyclic amines) is 1. The van der Waals surface area contributed by atoms with Crippen molar-refractivity contribution in [1.29, 1.82) is 0 Å². The lowest BCUT2D eigenvalue weighted by Gasteiger charge is -2.32. The molecule has 7 nitrogen and oxygen atoms in total. The Morgan fingerprint density at radius 1 is 1.18 bits per heavy atom. The largest absolute Gasteiger partial charge is 0.332 e. The monoisotopic (exact) mass is 305 g/mol. The fourth-order valence-electron chi connectivity index (χ4n) is 3.36. The Kier molecular flexibility index (Phi) is 3.90. The summed E-state index contributed by atoms with van der Waals surface area (Å²) in [6, 6.07) is 0.558. The normalized spacial score (nSPS) is 19.9. The predicted octanol–water partition coefficient (Wildman–Crippen LogP) is 0.308. The van der Waals surface area contributed by atoms with Gasteiger partial charge < -0.3 is 9.47 Å². The second-order valence-electron chi connectivity index (χ2n) is 6.23. The van der Waals surface area contributed by atoms with Crippen molar-refractivity contribution in [3.05, 3.63) is 27.2 Å². The molecule has 1 fully saturated rings. The summed E-state index contributed by atoms with van der Waals surface area (Å²) in [4.78, 5) is 31.0. The van der Waals surface area contributed by atoms with E-state index < -0.39 is 0 Å². The smallest absolute Gasteiger partial charge is 0.325 e. The van der Waals surface area contributed by atoms with Crippen LogP contribution in [0.3, 0.4) is 0 Å². The molecule has 3 rings (SSSR count). The van der Waals surface area contributed by atoms with E-state index in [9.17, 15) is 9.59 Å². The molecule has 0 amide bonds. The molecule has 1 aliphatic heterocycles. The highest BCUT2D eigenvalue weighted by Gasteiger charge is 2.20. The van der Waals surface area contributed by atoms with Crippen molar-refractivity contribution in [3.8, 4) is 0 Å². The number of nitrogens with zero attached hydrogens (tertiary/aromatic N) is 5. The van der Waals surface area contributed by atoms with Gasteiger partial charge in [0, 0.05) is 26.7 Å². The molecular formula is C15H23N5O2. The van der Waals surface area contributed by atoms with Crippen LogP contribution in [-0.2, 0) is 20.6 Å². The van der Waals surface area contributed by atoms with Crippen LogP contribution in [0.25, 0.3) is 11.2 Å². The van der Waals surface area contributed by atoms with E-state index in [2.05, 4.69) is 16.9 Å². The molecule has 1 saturated heterocycles. The Morgan fingerprint density at radius 2 is 1.95 bits per heavy atom. The maximum atomic E-state index is 12.4. The number of hydrogen-bond donors (Lipinski definition) is 0. The first-order chi connectivity index (χ1) is 10.5. The zero-order valence-electron chi connectivity index (χ0n) is 13.4. The molecule has 2 aromatic heterocycles. The molecule has 0 aromatic carbocycles. The van der Waals surface area contributed by atoms with Crippen molar-refractivity contribution in [3.63, 3.8) is 0 Å². The summed E-state index contributed by atoms with van der Waals surface area (Å²) < 4.78 is 4.47. The Morgan fingerprint density at radius 3 is 2.68 bits per heavy atom. The molecule has 0 radical (unpaired) electrons. The van der Waals surface area contributed by atoms with Crippen molar-refractivity contribution in [2.45, 2.75) is 38.3 Å². The number of aromatic nitrogens is 4. The van der Waals surface area contributed by atoms with E-state index in [0.717, 1.165) is 24.1 Å². The molecule has 120 valence electrons. The number of rotatable bonds is 3. The molecule has 1 aliphatic rings. The predicted molar refractivity (Wildman–Crippen MR) is 85.1 cm³/mol. The van der Waals surface area contributed by atoms with Crippen molar-refractivity contribution < 1.29 is 0 Å². The van der Waals surface area contributed by atoms with Gasteiger partial charge in [-0.05, 0) is 32.9 Å². The number of hydrogen-bond acceptors (Lipinski definition) is 4. The van der Waals surface area contributed by atoms with Gasteiger partial charge in [-0.1, -0.05) is 6.42 Å². The number of aryl methyl sites for hydroxylation is 2. The van der Waals surface area contributed by atoms with Gasteiger partial charge in [-0.2, -0.15) is 0 Å². The van der Waals surface area contributed by atoms with Crippen LogP contribution in [0, 0.1) is 0 Å². The highest BCUT2D eigenvalue weighted by molar-refractivity contribution is 5.69. The van der Waals surface area contributed by atoms with Crippen LogP contribution in [0.15, 0.2) is 15.9 Å². The quantitative estimate of drug-likeness (QED) is 0.818. The Labute approximate surface area is 128 Å². The Bertz CT molecular complexity index is 801. The van der Waals surface area contributed by atoms with Crippen LogP contribution in [0.4, 0.5) is 0 Å². The molecule has 1 atom stereocenters. The zero-order valence-corrected chi connectivity index (χ0v) is 13.4. The van der Waals surface area contributed by atoms with Crippen LogP contribution >= 0.6 is 0 Å². The van der Waals surface area contributed by atoms with Crippen LogP contribution in [0.1, 0.15) is 25.7 Å². The third-order valence-electron chi connectivity index (χ3n) is 4.84. The first kappa shape index (κ1) is 15.0. The van der Waals surface area contributed by atoms with E-state index in [4.69, 9.17) is 0 Å². The molecule has 7 heteroatoms. The number of piperidine rings is 1. The first-order valence-electron chi connectivity index (χ1n) is 7.82. The Balaban J connectivity index is 1.92. The van der Waals surface area contributed by atoms with E-state index >= 15 is 0 Å². The molecule has 0 N–H and O–H groups in total. The SMILES string of the molecule is CN1CCCC[C@H]1CCn1cnc2c1c(=O)n(C)c(=O)n2C. The van der Waals surface area contributed by atoms with E-state index in [-0.39, 0.29) is 11.2 Å². The topological polar surface area (TPSA) is 65.1 Å². The molecule has 0 spiro atoms. The minimum Gasteiger partial charge on any atom is -0.325 e. The molecule has 0 aliphatic carbocycles. The summed E-state index contributed by atoms with van der Waals surface area (Å²) in [5.74, 6) is 0. The third-order valence-corrected chi connectivity index (χ3v) is 4.84. The summed E-state index contributed by atoms with van der Waals surface area (Å²) >= 11 is 0. The van der Waals surface area contributed by atoms with Crippen molar-refractivity contribution in [2.24, 2.45) is 14.1 Å². The molecular weight excluding hydrogens is 282 g/mol. The van der Waals surface area contributed by atoms with Gasteiger partial charge in [0.15, 0.2) is 11.2 Å². The maximum Gasteiger partial charge on any atom is 0.332 e. The number of fused-ring (bicyclic) bond motifs is 1. The molecule has 0 bridgehead atoms. The molecule has 0 unspecified atom stereocenters. The molecule has 22 heavy (non-hydrogen) atoms. The summed E-state index contributed by atoms with van der Waals surface area (Å²) in [7, 11) is 5.32. The van der Waals surface area contributed by atoms with Gasteiger partial charge in [0.2, 0.25) is 0 Å². The van der Waals surface area contributed by atoms with Gasteiger partial charge in [0.05, 0.1) is 6.33 Å². The van der Waals surface area contributed by atoms with Gasteiger partial charge in [0.1, 0.15) is 0 Å². The fraction of sp³-hybridized carbons (Fsp3) is 0.667. The van der Waals surface area contributed by atoms with Gasteiger partial charge in [-0.15, -0.1) is 0 Å². The zero-order chi connectivity index (χ0) is 15.9. The standard InChI is InChI=1S/C15H23N5O2/c1-17-8-5-4-6-11(17)7-9-20-10-16-13-12(20)14(21)19(3)15(22)18(13)2/h10-11H,4-9H2,1-3H3/t11-/m0/s1. The second-order valence-corrected chi connectivity index (χ2v) is 6.23. The van der Waals surface area contributed by atoms with Crippen LogP contribution in [0.5, 0.6) is 0 Å². The summed E-state index contributed by atoms with van der Waals surface area (Å²) in [6.45, 7) is 1.89. The average molecular weight is 305 g/mol. The Hall–Kier alpha value is -1.89. The number of imidazole rings is 1. The molecule has 3 heterocycles. The van der Waals surface area contributed by atoms with Crippen LogP contribution in [0.2, 0.25) is 0 Å². The van der Waals surface area contributed by atoms with Crippen LogP contribution < -0.4 is 11.2 Å². The minimum atomic E-state index is -0.338.